The van der Waals surface area contributed by atoms with Crippen molar-refractivity contribution >= 4 is 35.4 Å². The van der Waals surface area contributed by atoms with Crippen molar-refractivity contribution in [3.05, 3.63) is 71.8 Å². The van der Waals surface area contributed by atoms with E-state index >= 15 is 0 Å². The van der Waals surface area contributed by atoms with E-state index in [-0.39, 0.29) is 23.8 Å². The Morgan fingerprint density at radius 2 is 1.07 bits per heavy atom. The highest BCUT2D eigenvalue weighted by molar-refractivity contribution is 7.80. The van der Waals surface area contributed by atoms with Gasteiger partial charge in [0.05, 0.1) is 22.5 Å². The number of carbonyl (C=O) groups excluding carboxylic acids is 5. The lowest BCUT2D eigenvalue weighted by molar-refractivity contribution is -0.193. The molecule has 2 saturated heterocycles. The number of carbonyl (C=O) groups is 1. The van der Waals surface area contributed by atoms with Crippen molar-refractivity contribution in [3.63, 3.8) is 0 Å². The van der Waals surface area contributed by atoms with E-state index in [1.54, 1.807) is 0 Å². The Bertz CT molecular complexity index is 1380. The van der Waals surface area contributed by atoms with Crippen LogP contribution in [-0.4, -0.2) is 46.1 Å². The normalized spacial score (nSPS) is 30.6. The van der Waals surface area contributed by atoms with Gasteiger partial charge in [0.1, 0.15) is 0 Å². The quantitative estimate of drug-likeness (QED) is 0.308. The second-order valence-corrected chi connectivity index (χ2v) is 14.8. The molecule has 8 rings (SSSR count). The van der Waals surface area contributed by atoms with Gasteiger partial charge in [0, 0.05) is 18.5 Å². The first-order valence-corrected chi connectivity index (χ1v) is 17.2. The first kappa shape index (κ1) is 33.9. The fraction of sp³-hybridized carbons (Fsp3) is 0.579. The summed E-state index contributed by atoms with van der Waals surface area (Å²) in [4.78, 5) is 51.4. The van der Waals surface area contributed by atoms with E-state index in [0.717, 1.165) is 25.3 Å². The third-order valence-corrected chi connectivity index (χ3v) is 13.5. The van der Waals surface area contributed by atoms with Crippen LogP contribution in [0.3, 0.4) is 0 Å². The van der Waals surface area contributed by atoms with E-state index in [9.17, 15) is 4.79 Å². The predicted molar refractivity (Wildman–Crippen MR) is 176 cm³/mol. The lowest BCUT2D eigenvalue weighted by Crippen LogP contribution is -2.50. The summed E-state index contributed by atoms with van der Waals surface area (Å²) in [5, 5.41) is 0. The van der Waals surface area contributed by atoms with E-state index in [1.807, 2.05) is 6.07 Å². The van der Waals surface area contributed by atoms with Crippen molar-refractivity contribution in [1.82, 2.24) is 9.80 Å². The molecule has 0 unspecified atom stereocenters. The molecule has 46 heavy (non-hydrogen) atoms. The zero-order valence-electron chi connectivity index (χ0n) is 27.5. The minimum absolute atomic E-state index is 0.000456. The second kappa shape index (κ2) is 13.0. The monoisotopic (exact) mass is 642 g/mol. The van der Waals surface area contributed by atoms with Crippen LogP contribution >= 0.6 is 12.2 Å². The van der Waals surface area contributed by atoms with Crippen LogP contribution < -0.4 is 0 Å². The number of rotatable bonds is 6. The van der Waals surface area contributed by atoms with Gasteiger partial charge in [0.2, 0.25) is 5.91 Å². The molecule has 2 aromatic rings. The average Bonchev–Trinajstić information content (AvgIpc) is 3.99. The molecule has 8 heteroatoms. The third kappa shape index (κ3) is 5.39. The Morgan fingerprint density at radius 1 is 0.696 bits per heavy atom. The van der Waals surface area contributed by atoms with Crippen molar-refractivity contribution in [2.45, 2.75) is 91.1 Å². The predicted octanol–water partition coefficient (Wildman–Crippen LogP) is 7.21. The fourth-order valence-corrected chi connectivity index (χ4v) is 10.5. The van der Waals surface area contributed by atoms with Gasteiger partial charge in [-0.1, -0.05) is 86.7 Å². The van der Waals surface area contributed by atoms with Gasteiger partial charge in [-0.15, -0.1) is 0 Å². The highest BCUT2D eigenvalue weighted by Gasteiger charge is 2.75. The Kier molecular flexibility index (Phi) is 9.57. The van der Waals surface area contributed by atoms with Gasteiger partial charge in [-0.3, -0.25) is 4.79 Å². The summed E-state index contributed by atoms with van der Waals surface area (Å²) in [6.45, 7) is 11.2. The summed E-state index contributed by atoms with van der Waals surface area (Å²) in [6.07, 6.45) is 10.9. The molecule has 4 saturated carbocycles. The molecule has 2 heterocycles. The maximum absolute atomic E-state index is 13.0. The molecule has 4 aliphatic carbocycles. The highest BCUT2D eigenvalue weighted by Crippen LogP contribution is 2.77. The summed E-state index contributed by atoms with van der Waals surface area (Å²) < 4.78 is 0. The Morgan fingerprint density at radius 3 is 1.48 bits per heavy atom. The Hall–Kier alpha value is -3.44. The molecule has 244 valence electrons. The Balaban J connectivity index is 0.000000155. The van der Waals surface area contributed by atoms with Gasteiger partial charge in [-0.25, -0.2) is 0 Å². The molecule has 6 atom stereocenters. The molecule has 0 bridgehead atoms. The minimum atomic E-state index is -0.000456. The number of likely N-dealkylation sites (tertiary alicyclic amines) is 2. The highest BCUT2D eigenvalue weighted by atomic mass is 32.1. The average molecular weight is 643 g/mol. The zero-order valence-corrected chi connectivity index (χ0v) is 28.3. The van der Waals surface area contributed by atoms with Crippen LogP contribution in [0.25, 0.3) is 0 Å². The largest absolute Gasteiger partial charge is 0.373 e. The summed E-state index contributed by atoms with van der Waals surface area (Å²) in [6, 6.07) is 21.9. The number of nitrogens with zero attached hydrogens (tertiary/aromatic N) is 2. The Labute approximate surface area is 278 Å². The van der Waals surface area contributed by atoms with Crippen LogP contribution in [0.5, 0.6) is 0 Å². The van der Waals surface area contributed by atoms with Gasteiger partial charge in [0.15, 0.2) is 0 Å². The molecule has 2 aromatic carbocycles. The lowest BCUT2D eigenvalue weighted by atomic mass is 9.51. The van der Waals surface area contributed by atoms with Crippen molar-refractivity contribution in [2.75, 3.05) is 13.1 Å². The first-order valence-electron chi connectivity index (χ1n) is 16.8. The van der Waals surface area contributed by atoms with E-state index < -0.39 is 0 Å². The van der Waals surface area contributed by atoms with Crippen LogP contribution in [0.4, 0.5) is 0 Å². The lowest BCUT2D eigenvalue weighted by Gasteiger charge is -2.51. The molecule has 7 nitrogen and oxygen atoms in total. The number of hydrogen-bond donors (Lipinski definition) is 0. The molecule has 6 aliphatic rings. The molecular formula is C38H46N2O5S. The van der Waals surface area contributed by atoms with E-state index in [0.29, 0.717) is 34.1 Å². The smallest absolute Gasteiger partial charge is 0.359 e. The second-order valence-electron chi connectivity index (χ2n) is 14.5. The molecular weight excluding hydrogens is 596 g/mol. The molecule has 0 radical (unpaired) electrons. The first-order chi connectivity index (χ1) is 22.1. The van der Waals surface area contributed by atoms with E-state index in [1.165, 1.54) is 61.2 Å². The SMILES string of the molecule is CC[C@@]12CC3(CC3)[C@@H]1CN([C@@H](C)c1ccccc1)C2=O.CC[C@@]12CC3(CC3)[C@@H]1CN([C@@H](C)c1ccccc1)C2=S.O=C=O.O=C=O. The zero-order chi connectivity index (χ0) is 33.3. The fourth-order valence-electron chi connectivity index (χ4n) is 9.88. The van der Waals surface area contributed by atoms with Gasteiger partial charge in [-0.05, 0) is 99.0 Å². The maximum atomic E-state index is 13.0. The van der Waals surface area contributed by atoms with Gasteiger partial charge in [-0.2, -0.15) is 19.2 Å². The summed E-state index contributed by atoms with van der Waals surface area (Å²) in [5.74, 6) is 1.91. The van der Waals surface area contributed by atoms with Crippen molar-refractivity contribution in [3.8, 4) is 0 Å². The van der Waals surface area contributed by atoms with Crippen molar-refractivity contribution < 1.29 is 24.0 Å². The number of thiocarbonyl (C=S) groups is 1. The van der Waals surface area contributed by atoms with Gasteiger partial charge in [0.25, 0.3) is 0 Å². The number of benzene rings is 2. The van der Waals surface area contributed by atoms with Gasteiger partial charge >= 0.3 is 12.3 Å². The number of amides is 1. The number of fused-ring (bicyclic) bond motifs is 4. The summed E-state index contributed by atoms with van der Waals surface area (Å²) in [5.41, 5.74) is 4.29. The molecule has 2 aliphatic heterocycles. The third-order valence-electron chi connectivity index (χ3n) is 12.8. The van der Waals surface area contributed by atoms with Crippen molar-refractivity contribution in [1.29, 1.82) is 0 Å². The molecule has 0 aromatic heterocycles. The van der Waals surface area contributed by atoms with Crippen molar-refractivity contribution in [2.24, 2.45) is 33.5 Å². The molecule has 1 amide bonds. The number of hydrogen-bond acceptors (Lipinski definition) is 6. The molecule has 6 fully saturated rings. The van der Waals surface area contributed by atoms with Crippen LogP contribution in [-0.2, 0) is 24.0 Å². The van der Waals surface area contributed by atoms with E-state index in [2.05, 4.69) is 92.1 Å². The van der Waals surface area contributed by atoms with Crippen LogP contribution in [0.2, 0.25) is 0 Å². The molecule has 2 spiro atoms. The van der Waals surface area contributed by atoms with Gasteiger partial charge < -0.3 is 9.80 Å². The van der Waals surface area contributed by atoms with E-state index in [4.69, 9.17) is 31.4 Å². The minimum Gasteiger partial charge on any atom is -0.359 e. The topological polar surface area (TPSA) is 91.8 Å². The van der Waals surface area contributed by atoms with Crippen LogP contribution in [0.1, 0.15) is 102 Å². The summed E-state index contributed by atoms with van der Waals surface area (Å²) >= 11 is 5.94. The van der Waals surface area contributed by atoms with Crippen LogP contribution in [0.15, 0.2) is 60.7 Å². The van der Waals surface area contributed by atoms with Crippen LogP contribution in [0, 0.1) is 33.5 Å². The standard InChI is InChI=1S/C18H23NO.C18H23NS.2CO2/c2*1-3-18-12-17(9-10-17)15(18)11-19(16(18)20)13(2)14-7-5-4-6-8-14;2*2-1-3/h2*4-8,13,15H,3,9-12H2,1-2H3;;/t2*13-,15-,18+;;/m00../s1. The maximum Gasteiger partial charge on any atom is 0.373 e. The summed E-state index contributed by atoms with van der Waals surface area (Å²) in [7, 11) is 0. The molecule has 0 N–H and O–H groups in total.